The van der Waals surface area contributed by atoms with Gasteiger partial charge in [-0.2, -0.15) is 0 Å². The molecule has 2 heterocycles. The van der Waals surface area contributed by atoms with Crippen molar-refractivity contribution in [2.75, 3.05) is 13.7 Å². The van der Waals surface area contributed by atoms with Gasteiger partial charge in [0, 0.05) is 18.2 Å². The predicted molar refractivity (Wildman–Crippen MR) is 95.5 cm³/mol. The van der Waals surface area contributed by atoms with Crippen LogP contribution in [0.1, 0.15) is 31.2 Å². The first-order chi connectivity index (χ1) is 12.2. The Labute approximate surface area is 148 Å². The van der Waals surface area contributed by atoms with E-state index in [1.165, 1.54) is 5.56 Å². The lowest BCUT2D eigenvalue weighted by atomic mass is 9.95. The summed E-state index contributed by atoms with van der Waals surface area (Å²) in [6, 6.07) is 8.19. The summed E-state index contributed by atoms with van der Waals surface area (Å²) >= 11 is 0. The summed E-state index contributed by atoms with van der Waals surface area (Å²) in [5, 5.41) is 19.7. The van der Waals surface area contributed by atoms with E-state index in [9.17, 15) is 5.11 Å². The van der Waals surface area contributed by atoms with Crippen LogP contribution in [0, 0.1) is 6.42 Å². The maximum absolute atomic E-state index is 9.58. The number of hydrogen-bond acceptors (Lipinski definition) is 5. The molecule has 2 aromatic rings. The first-order valence-electron chi connectivity index (χ1n) is 8.79. The zero-order valence-electron chi connectivity index (χ0n) is 14.5. The van der Waals surface area contributed by atoms with Gasteiger partial charge in [-0.3, -0.25) is 4.98 Å². The summed E-state index contributed by atoms with van der Waals surface area (Å²) in [4.78, 5) is 4.44. The van der Waals surface area contributed by atoms with E-state index in [0.717, 1.165) is 42.3 Å². The minimum atomic E-state index is -0.743. The topological polar surface area (TPSA) is 71.8 Å². The van der Waals surface area contributed by atoms with Gasteiger partial charge in [0.1, 0.15) is 5.75 Å². The van der Waals surface area contributed by atoms with Crippen molar-refractivity contribution < 1.29 is 19.7 Å². The third-order valence-electron chi connectivity index (χ3n) is 4.65. The second-order valence-electron chi connectivity index (χ2n) is 6.46. The van der Waals surface area contributed by atoms with Gasteiger partial charge in [-0.15, -0.1) is 0 Å². The molecule has 0 amide bonds. The molecule has 0 bridgehead atoms. The van der Waals surface area contributed by atoms with Crippen molar-refractivity contribution in [3.8, 4) is 5.75 Å². The summed E-state index contributed by atoms with van der Waals surface area (Å²) in [6.45, 7) is -0.239. The number of benzene rings is 1. The van der Waals surface area contributed by atoms with E-state index in [2.05, 4.69) is 17.5 Å². The number of aliphatic hydroxyl groups is 2. The third kappa shape index (κ3) is 4.69. The van der Waals surface area contributed by atoms with Gasteiger partial charge in [-0.1, -0.05) is 12.1 Å². The number of ether oxygens (including phenoxy) is 2. The molecule has 5 nitrogen and oxygen atoms in total. The molecule has 3 rings (SSSR count). The van der Waals surface area contributed by atoms with Gasteiger partial charge in [-0.05, 0) is 43.4 Å². The van der Waals surface area contributed by atoms with Crippen molar-refractivity contribution in [3.63, 3.8) is 0 Å². The predicted octanol–water partition coefficient (Wildman–Crippen LogP) is 2.55. The van der Waals surface area contributed by atoms with Crippen LogP contribution in [0.5, 0.6) is 5.75 Å². The van der Waals surface area contributed by atoms with E-state index in [1.54, 1.807) is 13.3 Å². The molecule has 0 aliphatic carbocycles. The van der Waals surface area contributed by atoms with Crippen LogP contribution in [0.15, 0.2) is 30.5 Å². The zero-order chi connectivity index (χ0) is 17.6. The Morgan fingerprint density at radius 2 is 2.32 bits per heavy atom. The highest BCUT2D eigenvalue weighted by Gasteiger charge is 2.24. The van der Waals surface area contributed by atoms with Gasteiger partial charge in [0.05, 0.1) is 43.7 Å². The molecule has 0 saturated carbocycles. The molecule has 1 aromatic carbocycles. The van der Waals surface area contributed by atoms with Crippen LogP contribution < -0.4 is 4.74 Å². The Morgan fingerprint density at radius 3 is 3.12 bits per heavy atom. The van der Waals surface area contributed by atoms with E-state index in [0.29, 0.717) is 6.42 Å². The van der Waals surface area contributed by atoms with E-state index in [4.69, 9.17) is 14.6 Å². The number of rotatable bonds is 7. The smallest absolute Gasteiger partial charge is 0.137 e. The van der Waals surface area contributed by atoms with Crippen LogP contribution in [0.4, 0.5) is 0 Å². The fraction of sp³-hybridized carbons (Fsp3) is 0.500. The molecule has 1 aliphatic rings. The average molecular weight is 343 g/mol. The summed E-state index contributed by atoms with van der Waals surface area (Å²) in [7, 11) is 1.65. The van der Waals surface area contributed by atoms with Crippen molar-refractivity contribution >= 4 is 10.9 Å². The largest absolute Gasteiger partial charge is 0.495 e. The van der Waals surface area contributed by atoms with Crippen molar-refractivity contribution in [1.29, 1.82) is 0 Å². The van der Waals surface area contributed by atoms with Gasteiger partial charge in [-0.25, -0.2) is 0 Å². The molecule has 0 spiro atoms. The van der Waals surface area contributed by atoms with Gasteiger partial charge in [0.15, 0.2) is 0 Å². The number of aryl methyl sites for hydroxylation is 1. The van der Waals surface area contributed by atoms with Crippen LogP contribution in [-0.4, -0.2) is 47.2 Å². The fourth-order valence-corrected chi connectivity index (χ4v) is 3.26. The van der Waals surface area contributed by atoms with Gasteiger partial charge < -0.3 is 19.7 Å². The highest BCUT2D eigenvalue weighted by Crippen LogP contribution is 2.27. The Morgan fingerprint density at radius 1 is 1.44 bits per heavy atom. The molecule has 0 unspecified atom stereocenters. The number of nitrogens with zero attached hydrogens (tertiary/aromatic N) is 1. The summed E-state index contributed by atoms with van der Waals surface area (Å²) in [6.07, 6.45) is 8.18. The van der Waals surface area contributed by atoms with Crippen molar-refractivity contribution in [2.45, 2.75) is 50.4 Å². The summed E-state index contributed by atoms with van der Waals surface area (Å²) in [5.74, 6) is 0.760. The van der Waals surface area contributed by atoms with Gasteiger partial charge >= 0.3 is 0 Å². The zero-order valence-corrected chi connectivity index (χ0v) is 14.5. The first-order valence-corrected chi connectivity index (χ1v) is 8.79. The SMILES string of the molecule is COc1cnc2cccc(CC[C@H]3CC[C][C@H](C[C@H](O)CO)O3)c2c1. The van der Waals surface area contributed by atoms with Gasteiger partial charge in [0.25, 0.3) is 0 Å². The number of fused-ring (bicyclic) bond motifs is 1. The molecule has 1 fully saturated rings. The Balaban J connectivity index is 1.64. The lowest BCUT2D eigenvalue weighted by Gasteiger charge is -2.30. The Hall–Kier alpha value is -1.69. The van der Waals surface area contributed by atoms with Crippen molar-refractivity contribution in [2.24, 2.45) is 0 Å². The molecule has 3 atom stereocenters. The van der Waals surface area contributed by atoms with Crippen molar-refractivity contribution in [1.82, 2.24) is 4.98 Å². The van der Waals surface area contributed by atoms with E-state index in [-0.39, 0.29) is 18.8 Å². The summed E-state index contributed by atoms with van der Waals surface area (Å²) < 4.78 is 11.3. The van der Waals surface area contributed by atoms with E-state index >= 15 is 0 Å². The normalized spacial score (nSPS) is 22.0. The summed E-state index contributed by atoms with van der Waals surface area (Å²) in [5.41, 5.74) is 2.20. The van der Waals surface area contributed by atoms with E-state index < -0.39 is 6.10 Å². The average Bonchev–Trinajstić information content (AvgIpc) is 2.66. The van der Waals surface area contributed by atoms with E-state index in [1.807, 2.05) is 18.2 Å². The number of methoxy groups -OCH3 is 1. The molecular weight excluding hydrogens is 318 g/mol. The quantitative estimate of drug-likeness (QED) is 0.808. The number of aromatic nitrogens is 1. The first kappa shape index (κ1) is 18.1. The Bertz CT molecular complexity index is 690. The maximum Gasteiger partial charge on any atom is 0.137 e. The second kappa shape index (κ2) is 8.61. The second-order valence-corrected chi connectivity index (χ2v) is 6.46. The van der Waals surface area contributed by atoms with Gasteiger partial charge in [0.2, 0.25) is 0 Å². The van der Waals surface area contributed by atoms with Crippen LogP contribution in [0.3, 0.4) is 0 Å². The fourth-order valence-electron chi connectivity index (χ4n) is 3.26. The molecule has 1 aromatic heterocycles. The molecule has 2 radical (unpaired) electrons. The Kier molecular flexibility index (Phi) is 6.24. The standard InChI is InChI=1S/C20H25NO4/c1-24-18-11-19-14(4-2-7-20(19)21-12-18)8-9-16-5-3-6-17(25-16)10-15(23)13-22/h2,4,7,11-12,15-17,22-23H,3,5,8-10,13H2,1H3/t15-,16+,17+/m0/s1. The van der Waals surface area contributed by atoms with Crippen LogP contribution in [0.25, 0.3) is 10.9 Å². The number of pyridine rings is 1. The highest BCUT2D eigenvalue weighted by atomic mass is 16.5. The maximum atomic E-state index is 9.58. The molecule has 1 saturated heterocycles. The number of aliphatic hydroxyl groups excluding tert-OH is 2. The molecule has 1 aliphatic heterocycles. The molecular formula is C20H25NO4. The monoisotopic (exact) mass is 343 g/mol. The molecule has 134 valence electrons. The van der Waals surface area contributed by atoms with Crippen LogP contribution in [0.2, 0.25) is 0 Å². The number of hydrogen-bond donors (Lipinski definition) is 2. The van der Waals surface area contributed by atoms with Crippen LogP contribution in [-0.2, 0) is 11.2 Å². The third-order valence-corrected chi connectivity index (χ3v) is 4.65. The highest BCUT2D eigenvalue weighted by molar-refractivity contribution is 5.83. The molecule has 2 N–H and O–H groups in total. The minimum Gasteiger partial charge on any atom is -0.495 e. The lowest BCUT2D eigenvalue weighted by Crippen LogP contribution is -2.32. The molecule has 5 heteroatoms. The van der Waals surface area contributed by atoms with Crippen molar-refractivity contribution in [3.05, 3.63) is 42.4 Å². The minimum absolute atomic E-state index is 0.144. The molecule has 25 heavy (non-hydrogen) atoms. The van der Waals surface area contributed by atoms with Crippen LogP contribution >= 0.6 is 0 Å². The lowest BCUT2D eigenvalue weighted by molar-refractivity contribution is -0.0521.